The van der Waals surface area contributed by atoms with Crippen molar-refractivity contribution in [3.63, 3.8) is 0 Å². The molecule has 2 N–H and O–H groups in total. The average molecular weight is 560 g/mol. The third-order valence-electron chi connectivity index (χ3n) is 5.27. The van der Waals surface area contributed by atoms with Gasteiger partial charge < -0.3 is 20.1 Å². The minimum absolute atomic E-state index is 0. The van der Waals surface area contributed by atoms with Gasteiger partial charge in [0.25, 0.3) is 0 Å². The number of hydrogen-bond donors (Lipinski definition) is 2. The quantitative estimate of drug-likeness (QED) is 0.204. The predicted molar refractivity (Wildman–Crippen MR) is 145 cm³/mol. The third kappa shape index (κ3) is 8.92. The highest BCUT2D eigenvalue weighted by molar-refractivity contribution is 14.0. The summed E-state index contributed by atoms with van der Waals surface area (Å²) < 4.78 is 11.0. The second kappa shape index (κ2) is 14.4. The lowest BCUT2D eigenvalue weighted by atomic mass is 9.98. The second-order valence-corrected chi connectivity index (χ2v) is 7.57. The summed E-state index contributed by atoms with van der Waals surface area (Å²) >= 11 is 0. The molecule has 0 saturated heterocycles. The van der Waals surface area contributed by atoms with Gasteiger partial charge in [0.2, 0.25) is 0 Å². The van der Waals surface area contributed by atoms with Gasteiger partial charge in [-0.3, -0.25) is 9.98 Å². The molecule has 3 aromatic rings. The summed E-state index contributed by atoms with van der Waals surface area (Å²) in [7, 11) is 3.48. The van der Waals surface area contributed by atoms with E-state index in [1.54, 1.807) is 20.4 Å². The average Bonchev–Trinajstić information content (AvgIpc) is 2.86. The minimum atomic E-state index is 0. The summed E-state index contributed by atoms with van der Waals surface area (Å²) in [5.41, 5.74) is 3.38. The molecule has 33 heavy (non-hydrogen) atoms. The first-order chi connectivity index (χ1) is 15.7. The van der Waals surface area contributed by atoms with Crippen LogP contribution in [-0.2, 0) is 13.2 Å². The Morgan fingerprint density at radius 1 is 0.970 bits per heavy atom. The molecular formula is C26H33IN4O2. The molecule has 6 nitrogen and oxygen atoms in total. The van der Waals surface area contributed by atoms with Crippen molar-refractivity contribution < 1.29 is 9.47 Å². The number of pyridine rings is 1. The van der Waals surface area contributed by atoms with Crippen LogP contribution in [0, 0.1) is 0 Å². The molecule has 0 saturated carbocycles. The molecule has 0 spiro atoms. The van der Waals surface area contributed by atoms with Crippen LogP contribution < -0.4 is 20.1 Å². The van der Waals surface area contributed by atoms with E-state index in [1.165, 1.54) is 5.56 Å². The Bertz CT molecular complexity index is 964. The normalized spacial score (nSPS) is 11.8. The molecule has 0 amide bonds. The zero-order chi connectivity index (χ0) is 22.6. The van der Waals surface area contributed by atoms with Crippen LogP contribution in [0.2, 0.25) is 0 Å². The fourth-order valence-corrected chi connectivity index (χ4v) is 3.26. The topological polar surface area (TPSA) is 67.8 Å². The number of benzene rings is 2. The molecular weight excluding hydrogens is 527 g/mol. The Balaban J connectivity index is 0.00000385. The number of nitrogens with one attached hydrogen (secondary N) is 2. The summed E-state index contributed by atoms with van der Waals surface area (Å²) in [6, 6.07) is 22.1. The lowest BCUT2D eigenvalue weighted by Gasteiger charge is -2.16. The number of hydrogen-bond acceptors (Lipinski definition) is 4. The molecule has 0 bridgehead atoms. The lowest BCUT2D eigenvalue weighted by Crippen LogP contribution is -2.37. The number of aliphatic imine (C=N–C) groups is 1. The van der Waals surface area contributed by atoms with Gasteiger partial charge >= 0.3 is 0 Å². The van der Waals surface area contributed by atoms with Gasteiger partial charge in [0.05, 0.1) is 12.8 Å². The number of rotatable bonds is 10. The fraction of sp³-hybridized carbons (Fsp3) is 0.308. The van der Waals surface area contributed by atoms with Gasteiger partial charge in [-0.05, 0) is 59.9 Å². The molecule has 0 fully saturated rings. The molecule has 176 valence electrons. The van der Waals surface area contributed by atoms with Crippen molar-refractivity contribution in [2.24, 2.45) is 4.99 Å². The SMILES string of the molecule is CN=C(NCCC(C)c1ccc(OC)cc1)NCc1ccc(OCc2ccccn2)cc1.I. The van der Waals surface area contributed by atoms with E-state index < -0.39 is 0 Å². The number of methoxy groups -OCH3 is 1. The largest absolute Gasteiger partial charge is 0.497 e. The molecule has 0 radical (unpaired) electrons. The Hall–Kier alpha value is -2.81. The molecule has 1 unspecified atom stereocenters. The monoisotopic (exact) mass is 560 g/mol. The van der Waals surface area contributed by atoms with E-state index in [0.717, 1.165) is 41.7 Å². The second-order valence-electron chi connectivity index (χ2n) is 7.57. The van der Waals surface area contributed by atoms with Crippen LogP contribution >= 0.6 is 24.0 Å². The lowest BCUT2D eigenvalue weighted by molar-refractivity contribution is 0.301. The van der Waals surface area contributed by atoms with Gasteiger partial charge in [-0.1, -0.05) is 37.3 Å². The summed E-state index contributed by atoms with van der Waals surface area (Å²) in [5.74, 6) is 2.96. The maximum absolute atomic E-state index is 5.79. The summed E-state index contributed by atoms with van der Waals surface area (Å²) in [5, 5.41) is 6.76. The zero-order valence-electron chi connectivity index (χ0n) is 19.5. The maximum Gasteiger partial charge on any atom is 0.191 e. The standard InChI is InChI=1S/C26H32N4O2.HI/c1-20(22-9-13-24(31-3)14-10-22)15-17-29-26(27-2)30-18-21-7-11-25(12-8-21)32-19-23-6-4-5-16-28-23;/h4-14,16,20H,15,17-19H2,1-3H3,(H2,27,29,30);1H. The number of aromatic nitrogens is 1. The minimum Gasteiger partial charge on any atom is -0.497 e. The third-order valence-corrected chi connectivity index (χ3v) is 5.27. The van der Waals surface area contributed by atoms with Gasteiger partial charge in [0, 0.05) is 26.3 Å². The van der Waals surface area contributed by atoms with Gasteiger partial charge in [-0.25, -0.2) is 0 Å². The van der Waals surface area contributed by atoms with E-state index >= 15 is 0 Å². The van der Waals surface area contributed by atoms with Crippen LogP contribution in [0.3, 0.4) is 0 Å². The predicted octanol–water partition coefficient (Wildman–Crippen LogP) is 5.15. The highest BCUT2D eigenvalue weighted by atomic mass is 127. The number of ether oxygens (including phenoxy) is 2. The van der Waals surface area contributed by atoms with E-state index in [0.29, 0.717) is 19.1 Å². The Morgan fingerprint density at radius 2 is 1.70 bits per heavy atom. The van der Waals surface area contributed by atoms with Crippen molar-refractivity contribution in [1.82, 2.24) is 15.6 Å². The van der Waals surface area contributed by atoms with E-state index in [2.05, 4.69) is 51.8 Å². The van der Waals surface area contributed by atoms with Crippen LogP contribution in [-0.4, -0.2) is 31.6 Å². The molecule has 1 atom stereocenters. The fourth-order valence-electron chi connectivity index (χ4n) is 3.26. The molecule has 1 heterocycles. The summed E-state index contributed by atoms with van der Waals surface area (Å²) in [4.78, 5) is 8.59. The molecule has 3 rings (SSSR count). The van der Waals surface area contributed by atoms with Gasteiger partial charge in [-0.2, -0.15) is 0 Å². The molecule has 0 aliphatic rings. The van der Waals surface area contributed by atoms with E-state index in [9.17, 15) is 0 Å². The zero-order valence-corrected chi connectivity index (χ0v) is 21.8. The van der Waals surface area contributed by atoms with Crippen molar-refractivity contribution in [1.29, 1.82) is 0 Å². The first-order valence-electron chi connectivity index (χ1n) is 10.9. The summed E-state index contributed by atoms with van der Waals surface area (Å²) in [6.07, 6.45) is 2.78. The Labute approximate surface area is 213 Å². The molecule has 0 aliphatic heterocycles. The molecule has 7 heteroatoms. The molecule has 2 aromatic carbocycles. The van der Waals surface area contributed by atoms with E-state index in [4.69, 9.17) is 9.47 Å². The maximum atomic E-state index is 5.79. The Morgan fingerprint density at radius 3 is 2.33 bits per heavy atom. The van der Waals surface area contributed by atoms with Crippen LogP contribution in [0.15, 0.2) is 77.9 Å². The number of halogens is 1. The van der Waals surface area contributed by atoms with Crippen molar-refractivity contribution >= 4 is 29.9 Å². The van der Waals surface area contributed by atoms with Gasteiger partial charge in [-0.15, -0.1) is 24.0 Å². The van der Waals surface area contributed by atoms with Crippen molar-refractivity contribution in [2.45, 2.75) is 32.4 Å². The highest BCUT2D eigenvalue weighted by Crippen LogP contribution is 2.21. The van der Waals surface area contributed by atoms with Crippen LogP contribution in [0.4, 0.5) is 0 Å². The highest BCUT2D eigenvalue weighted by Gasteiger charge is 2.07. The van der Waals surface area contributed by atoms with Crippen LogP contribution in [0.25, 0.3) is 0 Å². The van der Waals surface area contributed by atoms with Gasteiger partial charge in [0.1, 0.15) is 18.1 Å². The van der Waals surface area contributed by atoms with Gasteiger partial charge in [0.15, 0.2) is 5.96 Å². The van der Waals surface area contributed by atoms with Crippen molar-refractivity contribution in [3.8, 4) is 11.5 Å². The number of guanidine groups is 1. The Kier molecular flexibility index (Phi) is 11.5. The van der Waals surface area contributed by atoms with Crippen LogP contribution in [0.1, 0.15) is 36.1 Å². The van der Waals surface area contributed by atoms with E-state index in [-0.39, 0.29) is 24.0 Å². The molecule has 1 aromatic heterocycles. The van der Waals surface area contributed by atoms with E-state index in [1.807, 2.05) is 42.5 Å². The molecule has 0 aliphatic carbocycles. The first-order valence-corrected chi connectivity index (χ1v) is 10.9. The van der Waals surface area contributed by atoms with Crippen molar-refractivity contribution in [2.75, 3.05) is 20.7 Å². The van der Waals surface area contributed by atoms with Crippen molar-refractivity contribution in [3.05, 3.63) is 89.7 Å². The summed E-state index contributed by atoms with van der Waals surface area (Å²) in [6.45, 7) is 4.22. The van der Waals surface area contributed by atoms with Crippen LogP contribution in [0.5, 0.6) is 11.5 Å². The smallest absolute Gasteiger partial charge is 0.191 e. The number of nitrogens with zero attached hydrogens (tertiary/aromatic N) is 2. The first kappa shape index (κ1) is 26.4.